The molecule has 0 saturated heterocycles. The zero-order valence-electron chi connectivity index (χ0n) is 15.5. The molecule has 2 heterocycles. The second kappa shape index (κ2) is 6.42. The smallest absolute Gasteiger partial charge is 0.255 e. The summed E-state index contributed by atoms with van der Waals surface area (Å²) >= 11 is 6.21. The van der Waals surface area contributed by atoms with Crippen LogP contribution in [0, 0.1) is 22.9 Å². The molecule has 1 N–H and O–H groups in total. The van der Waals surface area contributed by atoms with Crippen molar-refractivity contribution in [3.8, 4) is 11.1 Å². The van der Waals surface area contributed by atoms with Crippen molar-refractivity contribution in [1.29, 1.82) is 0 Å². The van der Waals surface area contributed by atoms with E-state index in [-0.39, 0.29) is 22.3 Å². The monoisotopic (exact) mass is 384 g/mol. The van der Waals surface area contributed by atoms with Gasteiger partial charge in [-0.15, -0.1) is 0 Å². The summed E-state index contributed by atoms with van der Waals surface area (Å²) in [5, 5.41) is 6.69. The van der Waals surface area contributed by atoms with Crippen molar-refractivity contribution in [2.45, 2.75) is 33.7 Å². The molecule has 2 aromatic heterocycles. The normalized spacial score (nSPS) is 15.0. The molecule has 0 aliphatic heterocycles. The number of anilines is 1. The molecular formula is C17H17ClF3N5. The van der Waals surface area contributed by atoms with Crippen LogP contribution in [0.15, 0.2) is 18.5 Å². The van der Waals surface area contributed by atoms with Gasteiger partial charge in [-0.05, 0) is 12.3 Å². The van der Waals surface area contributed by atoms with Crippen molar-refractivity contribution < 1.29 is 14.5 Å². The van der Waals surface area contributed by atoms with Gasteiger partial charge in [0.15, 0.2) is 0 Å². The maximum absolute atomic E-state index is 14.5. The molecule has 0 spiro atoms. The molecular weight excluding hydrogens is 367 g/mol. The van der Waals surface area contributed by atoms with Gasteiger partial charge in [0.25, 0.3) is 5.78 Å². The largest absolute Gasteiger partial charge is 0.366 e. The molecule has 0 aliphatic rings. The van der Waals surface area contributed by atoms with E-state index in [4.69, 9.17) is 13.0 Å². The highest BCUT2D eigenvalue weighted by Gasteiger charge is 2.27. The number of nitrogens with zero attached hydrogens (tertiary/aromatic N) is 4. The highest BCUT2D eigenvalue weighted by atomic mass is 35.5. The predicted octanol–water partition coefficient (Wildman–Crippen LogP) is 4.71. The topological polar surface area (TPSA) is 55.1 Å². The van der Waals surface area contributed by atoms with Gasteiger partial charge < -0.3 is 5.32 Å². The Labute approximate surface area is 154 Å². The second-order valence-electron chi connectivity index (χ2n) is 6.84. The first kappa shape index (κ1) is 17.1. The van der Waals surface area contributed by atoms with Gasteiger partial charge in [0.05, 0.1) is 12.5 Å². The summed E-state index contributed by atoms with van der Waals surface area (Å²) in [5.41, 5.74) is -1.32. The molecule has 0 amide bonds. The van der Waals surface area contributed by atoms with E-state index in [9.17, 15) is 13.2 Å². The number of hydrogen-bond donors (Lipinski definition) is 1. The Balaban J connectivity index is 2.36. The summed E-state index contributed by atoms with van der Waals surface area (Å²) in [6.45, 7) is 7.08. The van der Waals surface area contributed by atoms with E-state index < -0.39 is 34.4 Å². The van der Waals surface area contributed by atoms with E-state index in [1.165, 1.54) is 10.8 Å². The van der Waals surface area contributed by atoms with Crippen LogP contribution in [0.2, 0.25) is 5.15 Å². The third-order valence-corrected chi connectivity index (χ3v) is 4.34. The van der Waals surface area contributed by atoms with Crippen LogP contribution in [0.5, 0.6) is 0 Å². The van der Waals surface area contributed by atoms with E-state index in [0.29, 0.717) is 12.1 Å². The summed E-state index contributed by atoms with van der Waals surface area (Å²) < 4.78 is 52.1. The third-order valence-electron chi connectivity index (χ3n) is 4.07. The molecule has 0 saturated carbocycles. The van der Waals surface area contributed by atoms with E-state index in [0.717, 1.165) is 0 Å². The molecule has 0 radical (unpaired) electrons. The fourth-order valence-electron chi connectivity index (χ4n) is 2.30. The second-order valence-corrected chi connectivity index (χ2v) is 7.20. The van der Waals surface area contributed by atoms with Gasteiger partial charge in [0, 0.05) is 18.2 Å². The number of rotatable bonds is 3. The standard InChI is InChI=1S/C17H17ClF3N5/c1-8(17(2,3)4)24-15-13(12-10(20)5-9(19)6-11(12)21)14(18)25-16-22-7-23-26(15)16/h5-8,24H,1-4H3/i8D. The first-order valence-corrected chi connectivity index (χ1v) is 8.12. The van der Waals surface area contributed by atoms with Gasteiger partial charge >= 0.3 is 0 Å². The van der Waals surface area contributed by atoms with Gasteiger partial charge in [-0.3, -0.25) is 0 Å². The molecule has 9 heteroatoms. The Morgan fingerprint density at radius 3 is 2.38 bits per heavy atom. The van der Waals surface area contributed by atoms with Crippen molar-refractivity contribution >= 4 is 23.2 Å². The maximum atomic E-state index is 14.5. The van der Waals surface area contributed by atoms with E-state index >= 15 is 0 Å². The number of aromatic nitrogens is 4. The summed E-state index contributed by atoms with van der Waals surface area (Å²) in [7, 11) is 0. The van der Waals surface area contributed by atoms with Gasteiger partial charge in [-0.1, -0.05) is 32.4 Å². The lowest BCUT2D eigenvalue weighted by Crippen LogP contribution is -2.32. The Morgan fingerprint density at radius 2 is 1.81 bits per heavy atom. The molecule has 3 aromatic rings. The van der Waals surface area contributed by atoms with Crippen LogP contribution >= 0.6 is 11.6 Å². The van der Waals surface area contributed by atoms with Crippen molar-refractivity contribution in [2.75, 3.05) is 5.32 Å². The van der Waals surface area contributed by atoms with E-state index in [1.807, 2.05) is 20.8 Å². The van der Waals surface area contributed by atoms with Crippen LogP contribution < -0.4 is 5.32 Å². The van der Waals surface area contributed by atoms with Crippen molar-refractivity contribution in [2.24, 2.45) is 5.41 Å². The minimum Gasteiger partial charge on any atom is -0.366 e. The van der Waals surface area contributed by atoms with Crippen LogP contribution in [-0.4, -0.2) is 25.6 Å². The SMILES string of the molecule is [2H]C(C)(Nc1c(-c2c(F)cc(F)cc2F)c(Cl)nc2ncnn12)C(C)(C)C. The highest BCUT2D eigenvalue weighted by Crippen LogP contribution is 2.38. The van der Waals surface area contributed by atoms with Crippen LogP contribution in [0.4, 0.5) is 19.0 Å². The summed E-state index contributed by atoms with van der Waals surface area (Å²) in [6.07, 6.45) is 1.20. The number of fused-ring (bicyclic) bond motifs is 1. The van der Waals surface area contributed by atoms with Crippen LogP contribution in [-0.2, 0) is 0 Å². The Bertz CT molecular complexity index is 1010. The van der Waals surface area contributed by atoms with Gasteiger partial charge in [-0.2, -0.15) is 19.6 Å². The van der Waals surface area contributed by atoms with Crippen LogP contribution in [0.3, 0.4) is 0 Å². The quantitative estimate of drug-likeness (QED) is 0.664. The molecule has 0 bridgehead atoms. The summed E-state index contributed by atoms with van der Waals surface area (Å²) in [5.74, 6) is -3.25. The molecule has 1 unspecified atom stereocenters. The Kier molecular flexibility index (Phi) is 4.22. The molecule has 138 valence electrons. The average Bonchev–Trinajstić information content (AvgIpc) is 2.95. The molecule has 0 aliphatic carbocycles. The minimum absolute atomic E-state index is 0.0272. The average molecular weight is 385 g/mol. The lowest BCUT2D eigenvalue weighted by atomic mass is 9.88. The summed E-state index contributed by atoms with van der Waals surface area (Å²) in [4.78, 5) is 7.93. The number of nitrogens with one attached hydrogen (secondary N) is 1. The van der Waals surface area contributed by atoms with E-state index in [1.54, 1.807) is 6.92 Å². The predicted molar refractivity (Wildman–Crippen MR) is 93.6 cm³/mol. The van der Waals surface area contributed by atoms with Crippen LogP contribution in [0.25, 0.3) is 16.9 Å². The van der Waals surface area contributed by atoms with Crippen molar-refractivity contribution in [1.82, 2.24) is 19.6 Å². The zero-order valence-corrected chi connectivity index (χ0v) is 15.3. The molecule has 3 rings (SSSR count). The first-order chi connectivity index (χ1) is 12.4. The van der Waals surface area contributed by atoms with Crippen molar-refractivity contribution in [3.05, 3.63) is 41.1 Å². The van der Waals surface area contributed by atoms with Crippen LogP contribution in [0.1, 0.15) is 29.1 Å². The van der Waals surface area contributed by atoms with E-state index in [2.05, 4.69) is 20.4 Å². The number of benzene rings is 1. The van der Waals surface area contributed by atoms with Crippen molar-refractivity contribution in [3.63, 3.8) is 0 Å². The zero-order chi connectivity index (χ0) is 20.1. The van der Waals surface area contributed by atoms with Gasteiger partial charge in [-0.25, -0.2) is 13.2 Å². The lowest BCUT2D eigenvalue weighted by molar-refractivity contribution is 0.358. The molecule has 1 atom stereocenters. The van der Waals surface area contributed by atoms with Gasteiger partial charge in [0.2, 0.25) is 0 Å². The third kappa shape index (κ3) is 3.21. The molecule has 5 nitrogen and oxygen atoms in total. The maximum Gasteiger partial charge on any atom is 0.255 e. The summed E-state index contributed by atoms with van der Waals surface area (Å²) in [6, 6.07) is -0.195. The first-order valence-electron chi connectivity index (χ1n) is 8.25. The molecule has 0 fully saturated rings. The number of halogens is 4. The van der Waals surface area contributed by atoms with Gasteiger partial charge in [0.1, 0.15) is 34.7 Å². The molecule has 26 heavy (non-hydrogen) atoms. The minimum atomic E-state index is -1.29. The fourth-order valence-corrected chi connectivity index (χ4v) is 2.56. The lowest BCUT2D eigenvalue weighted by Gasteiger charge is -2.30. The Hall–Kier alpha value is -2.35. The molecule has 1 aromatic carbocycles. The highest BCUT2D eigenvalue weighted by molar-refractivity contribution is 6.33. The fraction of sp³-hybridized carbons (Fsp3) is 0.353. The Morgan fingerprint density at radius 1 is 1.19 bits per heavy atom. The number of hydrogen-bond acceptors (Lipinski definition) is 4.